The number of likely N-dealkylation sites (N-methyl/N-ethyl adjacent to an activating group) is 1. The van der Waals surface area contributed by atoms with Crippen molar-refractivity contribution in [3.63, 3.8) is 0 Å². The Bertz CT molecular complexity index is 389. The number of piperidine rings is 1. The van der Waals surface area contributed by atoms with Gasteiger partial charge in [-0.15, -0.1) is 0 Å². The number of rotatable bonds is 5. The van der Waals surface area contributed by atoms with E-state index in [1.54, 1.807) is 6.33 Å². The molecule has 0 radical (unpaired) electrons. The topological polar surface area (TPSA) is 44.3 Å². The van der Waals surface area contributed by atoms with Gasteiger partial charge in [-0.3, -0.25) is 0 Å². The largest absolute Gasteiger partial charge is 0.360 e. The molecule has 1 fully saturated rings. The number of anilines is 2. The molecule has 0 aromatic carbocycles. The number of aromatic nitrogens is 2. The molecule has 0 aliphatic carbocycles. The van der Waals surface area contributed by atoms with Crippen molar-refractivity contribution >= 4 is 11.6 Å². The zero-order valence-electron chi connectivity index (χ0n) is 12.3. The number of nitrogens with zero attached hydrogens (tertiary/aromatic N) is 4. The van der Waals surface area contributed by atoms with Crippen molar-refractivity contribution in [2.24, 2.45) is 0 Å². The third-order valence-electron chi connectivity index (χ3n) is 3.77. The zero-order chi connectivity index (χ0) is 13.7. The molecule has 19 heavy (non-hydrogen) atoms. The van der Waals surface area contributed by atoms with E-state index in [-0.39, 0.29) is 0 Å². The number of hydrogen-bond acceptors (Lipinski definition) is 5. The van der Waals surface area contributed by atoms with Crippen LogP contribution in [-0.2, 0) is 0 Å². The molecule has 1 atom stereocenters. The Kier molecular flexibility index (Phi) is 4.96. The lowest BCUT2D eigenvalue weighted by Crippen LogP contribution is -2.44. The highest BCUT2D eigenvalue weighted by molar-refractivity contribution is 5.49. The number of nitrogens with one attached hydrogen (secondary N) is 1. The smallest absolute Gasteiger partial charge is 0.134 e. The summed E-state index contributed by atoms with van der Waals surface area (Å²) in [7, 11) is 4.21. The first-order chi connectivity index (χ1) is 9.22. The van der Waals surface area contributed by atoms with E-state index in [2.05, 4.69) is 52.2 Å². The van der Waals surface area contributed by atoms with Crippen LogP contribution < -0.4 is 15.1 Å². The molecule has 1 N–H and O–H groups in total. The van der Waals surface area contributed by atoms with Gasteiger partial charge in [0.25, 0.3) is 0 Å². The Hall–Kier alpha value is -1.36. The Labute approximate surface area is 116 Å². The van der Waals surface area contributed by atoms with Gasteiger partial charge in [-0.2, -0.15) is 0 Å². The second kappa shape index (κ2) is 6.70. The fraction of sp³-hybridized carbons (Fsp3) is 0.714. The summed E-state index contributed by atoms with van der Waals surface area (Å²) >= 11 is 0. The second-order valence-corrected chi connectivity index (χ2v) is 5.27. The highest BCUT2D eigenvalue weighted by Gasteiger charge is 2.19. The van der Waals surface area contributed by atoms with Crippen LogP contribution >= 0.6 is 0 Å². The van der Waals surface area contributed by atoms with Crippen LogP contribution in [0.1, 0.15) is 26.2 Å². The van der Waals surface area contributed by atoms with Gasteiger partial charge in [-0.25, -0.2) is 9.97 Å². The van der Waals surface area contributed by atoms with Gasteiger partial charge < -0.3 is 15.1 Å². The van der Waals surface area contributed by atoms with Crippen molar-refractivity contribution in [2.75, 3.05) is 43.5 Å². The average Bonchev–Trinajstić information content (AvgIpc) is 2.48. The van der Waals surface area contributed by atoms with Gasteiger partial charge >= 0.3 is 0 Å². The maximum Gasteiger partial charge on any atom is 0.134 e. The fourth-order valence-corrected chi connectivity index (χ4v) is 2.54. The first kappa shape index (κ1) is 14.1. The van der Waals surface area contributed by atoms with Crippen molar-refractivity contribution in [1.82, 2.24) is 15.3 Å². The van der Waals surface area contributed by atoms with Crippen LogP contribution in [0, 0.1) is 0 Å². The van der Waals surface area contributed by atoms with Gasteiger partial charge in [0, 0.05) is 39.3 Å². The molecule has 2 rings (SSSR count). The summed E-state index contributed by atoms with van der Waals surface area (Å²) in [5, 5.41) is 3.45. The van der Waals surface area contributed by atoms with E-state index in [0.29, 0.717) is 6.04 Å². The van der Waals surface area contributed by atoms with Crippen LogP contribution in [0.5, 0.6) is 0 Å². The van der Waals surface area contributed by atoms with E-state index in [0.717, 1.165) is 37.7 Å². The summed E-state index contributed by atoms with van der Waals surface area (Å²) in [6, 6.07) is 2.62. The predicted octanol–water partition coefficient (Wildman–Crippen LogP) is 1.51. The molecule has 0 spiro atoms. The van der Waals surface area contributed by atoms with E-state index in [4.69, 9.17) is 0 Å². The summed E-state index contributed by atoms with van der Waals surface area (Å²) in [5.74, 6) is 2.02. The standard InChI is InChI=1S/C14H25N5/c1-4-8-18(2)13-9-14(17-11-16-13)19(3)12-6-5-7-15-10-12/h9,11-12,15H,4-8,10H2,1-3H3. The normalized spacial score (nSPS) is 19.2. The minimum Gasteiger partial charge on any atom is -0.360 e. The Morgan fingerprint density at radius 3 is 2.79 bits per heavy atom. The molecule has 0 saturated carbocycles. The van der Waals surface area contributed by atoms with Crippen molar-refractivity contribution in [2.45, 2.75) is 32.2 Å². The minimum atomic E-state index is 0.535. The monoisotopic (exact) mass is 263 g/mol. The lowest BCUT2D eigenvalue weighted by Gasteiger charge is -2.32. The summed E-state index contributed by atoms with van der Waals surface area (Å²) in [5.41, 5.74) is 0. The molecule has 2 heterocycles. The minimum absolute atomic E-state index is 0.535. The van der Waals surface area contributed by atoms with E-state index in [1.165, 1.54) is 12.8 Å². The molecule has 1 aromatic rings. The van der Waals surface area contributed by atoms with E-state index >= 15 is 0 Å². The highest BCUT2D eigenvalue weighted by atomic mass is 15.2. The molecule has 1 aliphatic heterocycles. The maximum atomic E-state index is 4.42. The highest BCUT2D eigenvalue weighted by Crippen LogP contribution is 2.20. The fourth-order valence-electron chi connectivity index (χ4n) is 2.54. The predicted molar refractivity (Wildman–Crippen MR) is 79.9 cm³/mol. The van der Waals surface area contributed by atoms with Crippen molar-refractivity contribution < 1.29 is 0 Å². The molecular formula is C14H25N5. The first-order valence-electron chi connectivity index (χ1n) is 7.19. The molecule has 0 amide bonds. The molecule has 1 saturated heterocycles. The van der Waals surface area contributed by atoms with Crippen LogP contribution in [0.4, 0.5) is 11.6 Å². The van der Waals surface area contributed by atoms with Gasteiger partial charge in [0.2, 0.25) is 0 Å². The summed E-state index contributed by atoms with van der Waals surface area (Å²) < 4.78 is 0. The average molecular weight is 263 g/mol. The zero-order valence-corrected chi connectivity index (χ0v) is 12.3. The van der Waals surface area contributed by atoms with Gasteiger partial charge in [-0.05, 0) is 25.8 Å². The van der Waals surface area contributed by atoms with Gasteiger partial charge in [-0.1, -0.05) is 6.92 Å². The Balaban J connectivity index is 2.08. The molecule has 5 heteroatoms. The lowest BCUT2D eigenvalue weighted by molar-refractivity contribution is 0.443. The molecule has 1 aromatic heterocycles. The van der Waals surface area contributed by atoms with Gasteiger partial charge in [0.1, 0.15) is 18.0 Å². The summed E-state index contributed by atoms with van der Waals surface area (Å²) in [6.45, 7) is 5.38. The second-order valence-electron chi connectivity index (χ2n) is 5.27. The van der Waals surface area contributed by atoms with Crippen molar-refractivity contribution in [3.05, 3.63) is 12.4 Å². The molecule has 1 aliphatic rings. The SMILES string of the molecule is CCCN(C)c1cc(N(C)C2CCCNC2)ncn1. The summed E-state index contributed by atoms with van der Waals surface area (Å²) in [4.78, 5) is 13.2. The van der Waals surface area contributed by atoms with Gasteiger partial charge in [0.05, 0.1) is 0 Å². The van der Waals surface area contributed by atoms with Crippen molar-refractivity contribution in [3.8, 4) is 0 Å². The van der Waals surface area contributed by atoms with Crippen LogP contribution in [0.3, 0.4) is 0 Å². The van der Waals surface area contributed by atoms with E-state index < -0.39 is 0 Å². The molecule has 5 nitrogen and oxygen atoms in total. The maximum absolute atomic E-state index is 4.42. The van der Waals surface area contributed by atoms with Gasteiger partial charge in [0.15, 0.2) is 0 Å². The molecule has 0 bridgehead atoms. The molecular weight excluding hydrogens is 238 g/mol. The summed E-state index contributed by atoms with van der Waals surface area (Å²) in [6.07, 6.45) is 5.26. The lowest BCUT2D eigenvalue weighted by atomic mass is 10.1. The molecule has 1 unspecified atom stereocenters. The van der Waals surface area contributed by atoms with Crippen LogP contribution in [-0.4, -0.2) is 49.7 Å². The van der Waals surface area contributed by atoms with Crippen LogP contribution in [0.15, 0.2) is 12.4 Å². The van der Waals surface area contributed by atoms with Crippen LogP contribution in [0.25, 0.3) is 0 Å². The Morgan fingerprint density at radius 1 is 1.32 bits per heavy atom. The van der Waals surface area contributed by atoms with Crippen molar-refractivity contribution in [1.29, 1.82) is 0 Å². The molecule has 106 valence electrons. The number of hydrogen-bond donors (Lipinski definition) is 1. The first-order valence-corrected chi connectivity index (χ1v) is 7.19. The third-order valence-corrected chi connectivity index (χ3v) is 3.77. The van der Waals surface area contributed by atoms with Crippen LogP contribution in [0.2, 0.25) is 0 Å². The third kappa shape index (κ3) is 3.56. The van der Waals surface area contributed by atoms with E-state index in [1.807, 2.05) is 0 Å². The van der Waals surface area contributed by atoms with E-state index in [9.17, 15) is 0 Å². The Morgan fingerprint density at radius 2 is 2.11 bits per heavy atom. The quantitative estimate of drug-likeness (QED) is 0.872.